The fourth-order valence-corrected chi connectivity index (χ4v) is 1.75. The molecule has 1 aliphatic carbocycles. The molecule has 0 aromatic heterocycles. The van der Waals surface area contributed by atoms with Gasteiger partial charge in [-0.05, 0) is 32.6 Å². The summed E-state index contributed by atoms with van der Waals surface area (Å²) < 4.78 is 0. The number of hydrogen-bond donors (Lipinski definition) is 1. The first-order valence-electron chi connectivity index (χ1n) is 5.72. The minimum absolute atomic E-state index is 0.0589. The van der Waals surface area contributed by atoms with E-state index in [-0.39, 0.29) is 18.0 Å². The molecule has 86 valence electrons. The van der Waals surface area contributed by atoms with Crippen molar-refractivity contribution >= 4 is 5.91 Å². The molecule has 1 rings (SSSR count). The van der Waals surface area contributed by atoms with E-state index in [1.165, 1.54) is 12.8 Å². The molecule has 0 saturated heterocycles. The summed E-state index contributed by atoms with van der Waals surface area (Å²) in [6, 6.07) is 0.283. The van der Waals surface area contributed by atoms with Gasteiger partial charge in [0.05, 0.1) is 0 Å². The van der Waals surface area contributed by atoms with Crippen molar-refractivity contribution in [2.45, 2.75) is 45.2 Å². The van der Waals surface area contributed by atoms with Crippen molar-refractivity contribution in [2.24, 2.45) is 11.7 Å². The van der Waals surface area contributed by atoms with E-state index in [9.17, 15) is 4.79 Å². The Labute approximate surface area is 92.3 Å². The van der Waals surface area contributed by atoms with Crippen molar-refractivity contribution in [2.75, 3.05) is 6.54 Å². The summed E-state index contributed by atoms with van der Waals surface area (Å²) in [6.07, 6.45) is 4.63. The van der Waals surface area contributed by atoms with Crippen LogP contribution in [0.2, 0.25) is 0 Å². The Balaban J connectivity index is 2.43. The number of hydrogen-bond acceptors (Lipinski definition) is 2. The fraction of sp³-hybridized carbons (Fsp3) is 0.750. The van der Waals surface area contributed by atoms with E-state index in [1.54, 1.807) is 6.08 Å². The normalized spacial score (nSPS) is 17.6. The van der Waals surface area contributed by atoms with Crippen molar-refractivity contribution in [3.8, 4) is 0 Å². The van der Waals surface area contributed by atoms with Gasteiger partial charge in [0, 0.05) is 25.0 Å². The van der Waals surface area contributed by atoms with Gasteiger partial charge in [0.2, 0.25) is 5.91 Å². The van der Waals surface area contributed by atoms with E-state index < -0.39 is 0 Å². The third kappa shape index (κ3) is 3.67. The quantitative estimate of drug-likeness (QED) is 0.676. The van der Waals surface area contributed by atoms with Crippen LogP contribution in [0.3, 0.4) is 0 Å². The first-order valence-corrected chi connectivity index (χ1v) is 5.72. The number of nitrogens with two attached hydrogens (primary N) is 1. The molecule has 1 fully saturated rings. The molecule has 3 heteroatoms. The summed E-state index contributed by atoms with van der Waals surface area (Å²) >= 11 is 0. The van der Waals surface area contributed by atoms with Crippen molar-refractivity contribution in [1.82, 2.24) is 4.90 Å². The van der Waals surface area contributed by atoms with Gasteiger partial charge in [-0.15, -0.1) is 6.58 Å². The summed E-state index contributed by atoms with van der Waals surface area (Å²) in [5.41, 5.74) is 5.94. The smallest absolute Gasteiger partial charge is 0.224 e. The van der Waals surface area contributed by atoms with Crippen LogP contribution < -0.4 is 5.73 Å². The number of carbonyl (C=O) groups is 1. The van der Waals surface area contributed by atoms with E-state index in [0.717, 1.165) is 0 Å². The molecule has 1 atom stereocenters. The molecule has 0 radical (unpaired) electrons. The molecule has 2 N–H and O–H groups in total. The van der Waals surface area contributed by atoms with Crippen molar-refractivity contribution in [1.29, 1.82) is 0 Å². The molecule has 0 spiro atoms. The molecular weight excluding hydrogens is 188 g/mol. The number of carbonyl (C=O) groups excluding carboxylic acids is 1. The van der Waals surface area contributed by atoms with Crippen LogP contribution in [0.1, 0.15) is 33.1 Å². The highest BCUT2D eigenvalue weighted by molar-refractivity contribution is 5.77. The Hall–Kier alpha value is -0.830. The third-order valence-corrected chi connectivity index (χ3v) is 2.91. The largest absolute Gasteiger partial charge is 0.337 e. The highest BCUT2D eigenvalue weighted by Crippen LogP contribution is 2.33. The van der Waals surface area contributed by atoms with E-state index in [2.05, 4.69) is 6.58 Å². The molecule has 1 saturated carbocycles. The fourth-order valence-electron chi connectivity index (χ4n) is 1.75. The predicted octanol–water partition coefficient (Wildman–Crippen LogP) is 1.54. The van der Waals surface area contributed by atoms with Gasteiger partial charge >= 0.3 is 0 Å². The summed E-state index contributed by atoms with van der Waals surface area (Å²) in [5.74, 6) is 0.746. The van der Waals surface area contributed by atoms with E-state index >= 15 is 0 Å². The van der Waals surface area contributed by atoms with Crippen LogP contribution >= 0.6 is 0 Å². The molecular formula is C12H22N2O. The first kappa shape index (κ1) is 12.2. The van der Waals surface area contributed by atoms with Crippen LogP contribution in [0.5, 0.6) is 0 Å². The van der Waals surface area contributed by atoms with Gasteiger partial charge in [0.25, 0.3) is 0 Å². The Morgan fingerprint density at radius 2 is 2.20 bits per heavy atom. The standard InChI is InChI=1S/C12H22N2O/c1-4-7-14(9(2)3)12(15)8-11(13)10-5-6-10/h4,9-11H,1,5-8,13H2,2-3H3. The molecule has 0 aromatic rings. The van der Waals surface area contributed by atoms with Crippen LogP contribution in [0.15, 0.2) is 12.7 Å². The topological polar surface area (TPSA) is 46.3 Å². The lowest BCUT2D eigenvalue weighted by Crippen LogP contribution is -2.40. The Morgan fingerprint density at radius 1 is 1.60 bits per heavy atom. The van der Waals surface area contributed by atoms with E-state index in [1.807, 2.05) is 18.7 Å². The SMILES string of the molecule is C=CCN(C(=O)CC(N)C1CC1)C(C)C. The van der Waals surface area contributed by atoms with Crippen LogP contribution in [0.4, 0.5) is 0 Å². The molecule has 1 unspecified atom stereocenters. The first-order chi connectivity index (χ1) is 7.06. The highest BCUT2D eigenvalue weighted by atomic mass is 16.2. The number of nitrogens with zero attached hydrogens (tertiary/aromatic N) is 1. The van der Waals surface area contributed by atoms with Crippen molar-refractivity contribution < 1.29 is 4.79 Å². The zero-order valence-electron chi connectivity index (χ0n) is 9.78. The molecule has 1 aliphatic rings. The summed E-state index contributed by atoms with van der Waals surface area (Å²) in [4.78, 5) is 13.7. The Bertz CT molecular complexity index is 234. The minimum atomic E-state index is 0.0589. The van der Waals surface area contributed by atoms with Gasteiger partial charge in [0.1, 0.15) is 0 Å². The maximum Gasteiger partial charge on any atom is 0.224 e. The molecule has 3 nitrogen and oxygen atoms in total. The second-order valence-corrected chi connectivity index (χ2v) is 4.63. The van der Waals surface area contributed by atoms with Crippen molar-refractivity contribution in [3.05, 3.63) is 12.7 Å². The molecule has 0 heterocycles. The minimum Gasteiger partial charge on any atom is -0.337 e. The lowest BCUT2D eigenvalue weighted by Gasteiger charge is -2.26. The van der Waals surface area contributed by atoms with Gasteiger partial charge in [-0.1, -0.05) is 6.08 Å². The maximum absolute atomic E-state index is 11.9. The van der Waals surface area contributed by atoms with E-state index in [4.69, 9.17) is 5.73 Å². The second kappa shape index (κ2) is 5.31. The lowest BCUT2D eigenvalue weighted by molar-refractivity contribution is -0.132. The predicted molar refractivity (Wildman–Crippen MR) is 62.4 cm³/mol. The van der Waals surface area contributed by atoms with Crippen LogP contribution in [-0.4, -0.2) is 29.4 Å². The summed E-state index contributed by atoms with van der Waals surface area (Å²) in [5, 5.41) is 0. The van der Waals surface area contributed by atoms with Crippen LogP contribution in [0, 0.1) is 5.92 Å². The second-order valence-electron chi connectivity index (χ2n) is 4.63. The lowest BCUT2D eigenvalue weighted by atomic mass is 10.1. The number of rotatable bonds is 6. The van der Waals surface area contributed by atoms with E-state index in [0.29, 0.717) is 18.9 Å². The van der Waals surface area contributed by atoms with Gasteiger partial charge < -0.3 is 10.6 Å². The van der Waals surface area contributed by atoms with Gasteiger partial charge in [0.15, 0.2) is 0 Å². The maximum atomic E-state index is 11.9. The zero-order valence-corrected chi connectivity index (χ0v) is 9.78. The average molecular weight is 210 g/mol. The Morgan fingerprint density at radius 3 is 2.60 bits per heavy atom. The van der Waals surface area contributed by atoms with Crippen molar-refractivity contribution in [3.63, 3.8) is 0 Å². The Kier molecular flexibility index (Phi) is 4.33. The van der Waals surface area contributed by atoms with Crippen LogP contribution in [-0.2, 0) is 4.79 Å². The average Bonchev–Trinajstić information content (AvgIpc) is 2.95. The monoisotopic (exact) mass is 210 g/mol. The number of amides is 1. The molecule has 15 heavy (non-hydrogen) atoms. The molecule has 0 bridgehead atoms. The highest BCUT2D eigenvalue weighted by Gasteiger charge is 2.31. The van der Waals surface area contributed by atoms with Crippen LogP contribution in [0.25, 0.3) is 0 Å². The third-order valence-electron chi connectivity index (χ3n) is 2.91. The summed E-state index contributed by atoms with van der Waals surface area (Å²) in [7, 11) is 0. The van der Waals surface area contributed by atoms with Gasteiger partial charge in [-0.2, -0.15) is 0 Å². The summed E-state index contributed by atoms with van der Waals surface area (Å²) in [6.45, 7) is 8.32. The van der Waals surface area contributed by atoms with Gasteiger partial charge in [-0.25, -0.2) is 0 Å². The molecule has 0 aliphatic heterocycles. The molecule has 1 amide bonds. The van der Waals surface area contributed by atoms with Gasteiger partial charge in [-0.3, -0.25) is 4.79 Å². The zero-order chi connectivity index (χ0) is 11.4. The molecule has 0 aromatic carbocycles.